The number of nitriles is 1. The lowest BCUT2D eigenvalue weighted by atomic mass is 10.1. The quantitative estimate of drug-likeness (QED) is 0.529. The summed E-state index contributed by atoms with van der Waals surface area (Å²) in [7, 11) is 0. The first-order valence-electron chi connectivity index (χ1n) is 5.41. The molecule has 0 aliphatic rings. The summed E-state index contributed by atoms with van der Waals surface area (Å²) in [5.74, 6) is -1.74. The number of thiophene rings is 1. The maximum atomic E-state index is 11.3. The molecule has 19 heavy (non-hydrogen) atoms. The van der Waals surface area contributed by atoms with Gasteiger partial charge in [-0.3, -0.25) is 4.79 Å². The van der Waals surface area contributed by atoms with E-state index in [-0.39, 0.29) is 5.57 Å². The molecule has 1 aromatic heterocycles. The second-order valence-electron chi connectivity index (χ2n) is 3.90. The molecule has 0 aliphatic carbocycles. The third-order valence-corrected chi connectivity index (χ3v) is 3.71. The van der Waals surface area contributed by atoms with Crippen LogP contribution in [-0.4, -0.2) is 16.9 Å². The third kappa shape index (κ3) is 2.39. The van der Waals surface area contributed by atoms with Gasteiger partial charge in [0.2, 0.25) is 0 Å². The zero-order valence-corrected chi connectivity index (χ0v) is 10.8. The van der Waals surface area contributed by atoms with Crippen LogP contribution in [0, 0.1) is 11.3 Å². The number of Topliss-reactive ketones (excluding diaryl/α,β-unsaturated/α-hetero) is 1. The zero-order chi connectivity index (χ0) is 14.0. The molecule has 1 heterocycles. The molecule has 0 unspecified atom stereocenters. The summed E-state index contributed by atoms with van der Waals surface area (Å²) < 4.78 is 0.796. The van der Waals surface area contributed by atoms with Crippen molar-refractivity contribution in [1.82, 2.24) is 0 Å². The van der Waals surface area contributed by atoms with Gasteiger partial charge < -0.3 is 5.11 Å². The van der Waals surface area contributed by atoms with Gasteiger partial charge in [-0.15, -0.1) is 11.3 Å². The van der Waals surface area contributed by atoms with Crippen molar-refractivity contribution in [3.63, 3.8) is 0 Å². The Morgan fingerprint density at radius 1 is 1.42 bits per heavy atom. The van der Waals surface area contributed by atoms with E-state index < -0.39 is 11.8 Å². The van der Waals surface area contributed by atoms with Crippen molar-refractivity contribution in [3.8, 4) is 6.07 Å². The van der Waals surface area contributed by atoms with E-state index in [9.17, 15) is 9.59 Å². The Labute approximate surface area is 113 Å². The molecule has 0 bridgehead atoms. The zero-order valence-electron chi connectivity index (χ0n) is 10.0. The first-order valence-corrected chi connectivity index (χ1v) is 6.28. The van der Waals surface area contributed by atoms with Gasteiger partial charge in [0.25, 0.3) is 0 Å². The van der Waals surface area contributed by atoms with Crippen LogP contribution in [0.1, 0.15) is 18.1 Å². The molecule has 0 saturated heterocycles. The fourth-order valence-corrected chi connectivity index (χ4v) is 2.74. The molecule has 0 aliphatic heterocycles. The van der Waals surface area contributed by atoms with Crippen molar-refractivity contribution in [2.75, 3.05) is 0 Å². The van der Waals surface area contributed by atoms with E-state index in [0.29, 0.717) is 11.1 Å². The van der Waals surface area contributed by atoms with E-state index >= 15 is 0 Å². The Morgan fingerprint density at radius 2 is 2.16 bits per heavy atom. The summed E-state index contributed by atoms with van der Waals surface area (Å²) in [5, 5.41) is 20.5. The van der Waals surface area contributed by atoms with E-state index in [1.54, 1.807) is 23.6 Å². The third-order valence-electron chi connectivity index (χ3n) is 2.66. The second-order valence-corrected chi connectivity index (χ2v) is 4.78. The van der Waals surface area contributed by atoms with Crippen molar-refractivity contribution in [3.05, 3.63) is 40.3 Å². The Balaban J connectivity index is 2.65. The highest BCUT2D eigenvalue weighted by Gasteiger charge is 2.14. The van der Waals surface area contributed by atoms with Gasteiger partial charge in [-0.1, -0.05) is 12.1 Å². The number of benzene rings is 1. The standard InChI is InChI=1S/C14H9NO3S/c1-8(16)12(14(17)18)5-10-7-19-13-9(6-15)3-2-4-11(10)13/h2-5,7H,1H3,(H,17,18)/b12-5-. The summed E-state index contributed by atoms with van der Waals surface area (Å²) in [6.07, 6.45) is 1.35. The SMILES string of the molecule is CC(=O)/C(=C/c1csc2c(C#N)cccc12)C(=O)O. The topological polar surface area (TPSA) is 78.2 Å². The smallest absolute Gasteiger partial charge is 0.339 e. The number of hydrogen-bond acceptors (Lipinski definition) is 4. The van der Waals surface area contributed by atoms with Gasteiger partial charge >= 0.3 is 5.97 Å². The maximum Gasteiger partial charge on any atom is 0.339 e. The molecule has 2 aromatic rings. The summed E-state index contributed by atoms with van der Waals surface area (Å²) in [5.41, 5.74) is 0.925. The molecule has 5 heteroatoms. The second kappa shape index (κ2) is 5.04. The Bertz CT molecular complexity index is 734. The predicted molar refractivity (Wildman–Crippen MR) is 72.8 cm³/mol. The molecule has 94 valence electrons. The Morgan fingerprint density at radius 3 is 2.74 bits per heavy atom. The van der Waals surface area contributed by atoms with Crippen LogP contribution in [0.4, 0.5) is 0 Å². The number of carboxylic acids is 1. The van der Waals surface area contributed by atoms with Crippen molar-refractivity contribution in [2.24, 2.45) is 0 Å². The maximum absolute atomic E-state index is 11.3. The molecule has 0 saturated carbocycles. The van der Waals surface area contributed by atoms with Crippen LogP contribution < -0.4 is 0 Å². The van der Waals surface area contributed by atoms with Crippen LogP contribution in [0.3, 0.4) is 0 Å². The number of ketones is 1. The molecule has 0 atom stereocenters. The highest BCUT2D eigenvalue weighted by molar-refractivity contribution is 7.17. The molecule has 1 N–H and O–H groups in total. The number of fused-ring (bicyclic) bond motifs is 1. The van der Waals surface area contributed by atoms with E-state index in [1.165, 1.54) is 24.3 Å². The Kier molecular flexibility index (Phi) is 3.45. The molecule has 0 spiro atoms. The molecule has 0 radical (unpaired) electrons. The van der Waals surface area contributed by atoms with Crippen molar-refractivity contribution in [2.45, 2.75) is 6.92 Å². The van der Waals surface area contributed by atoms with Crippen LogP contribution >= 0.6 is 11.3 Å². The fourth-order valence-electron chi connectivity index (χ4n) is 1.75. The lowest BCUT2D eigenvalue weighted by molar-refractivity contribution is -0.134. The van der Waals surface area contributed by atoms with E-state index in [0.717, 1.165) is 10.1 Å². The first-order chi connectivity index (χ1) is 9.04. The normalized spacial score (nSPS) is 11.3. The van der Waals surface area contributed by atoms with Gasteiger partial charge in [-0.05, 0) is 30.0 Å². The highest BCUT2D eigenvalue weighted by atomic mass is 32.1. The summed E-state index contributed by atoms with van der Waals surface area (Å²) in [4.78, 5) is 22.3. The summed E-state index contributed by atoms with van der Waals surface area (Å²) in [6.45, 7) is 1.22. The van der Waals surface area contributed by atoms with Crippen molar-refractivity contribution in [1.29, 1.82) is 5.26 Å². The van der Waals surface area contributed by atoms with E-state index in [4.69, 9.17) is 10.4 Å². The number of carbonyl (C=O) groups excluding carboxylic acids is 1. The number of rotatable bonds is 3. The lowest BCUT2D eigenvalue weighted by Crippen LogP contribution is -2.08. The minimum Gasteiger partial charge on any atom is -0.478 e. The van der Waals surface area contributed by atoms with Gasteiger partial charge in [-0.25, -0.2) is 4.79 Å². The number of nitrogens with zero attached hydrogens (tertiary/aromatic N) is 1. The minimum atomic E-state index is -1.25. The molecule has 2 rings (SSSR count). The first kappa shape index (κ1) is 13.0. The molecular weight excluding hydrogens is 262 g/mol. The van der Waals surface area contributed by atoms with E-state index in [1.807, 2.05) is 0 Å². The lowest BCUT2D eigenvalue weighted by Gasteiger charge is -1.97. The minimum absolute atomic E-state index is 0.262. The van der Waals surface area contributed by atoms with Gasteiger partial charge in [0, 0.05) is 5.39 Å². The van der Waals surface area contributed by atoms with Crippen molar-refractivity contribution < 1.29 is 14.7 Å². The van der Waals surface area contributed by atoms with Gasteiger partial charge in [0.15, 0.2) is 5.78 Å². The average Bonchev–Trinajstić information content (AvgIpc) is 2.78. The highest BCUT2D eigenvalue weighted by Crippen LogP contribution is 2.30. The van der Waals surface area contributed by atoms with Gasteiger partial charge in [0.05, 0.1) is 10.3 Å². The molecule has 0 fully saturated rings. The van der Waals surface area contributed by atoms with E-state index in [2.05, 4.69) is 6.07 Å². The van der Waals surface area contributed by atoms with Crippen LogP contribution in [-0.2, 0) is 9.59 Å². The summed E-state index contributed by atoms with van der Waals surface area (Å²) >= 11 is 1.36. The van der Waals surface area contributed by atoms with Crippen LogP contribution in [0.2, 0.25) is 0 Å². The fraction of sp³-hybridized carbons (Fsp3) is 0.0714. The molecule has 0 amide bonds. The van der Waals surface area contributed by atoms with Gasteiger partial charge in [-0.2, -0.15) is 5.26 Å². The summed E-state index contributed by atoms with van der Waals surface area (Å²) in [6, 6.07) is 7.33. The van der Waals surface area contributed by atoms with Gasteiger partial charge in [0.1, 0.15) is 11.6 Å². The molecule has 4 nitrogen and oxygen atoms in total. The monoisotopic (exact) mass is 271 g/mol. The average molecular weight is 271 g/mol. The Hall–Kier alpha value is -2.45. The number of aliphatic carboxylic acids is 1. The number of carboxylic acid groups (broad SMARTS) is 1. The van der Waals surface area contributed by atoms with Crippen molar-refractivity contribution >= 4 is 39.3 Å². The van der Waals surface area contributed by atoms with Crippen LogP contribution in [0.25, 0.3) is 16.2 Å². The number of hydrogen-bond donors (Lipinski definition) is 1. The molecule has 1 aromatic carbocycles. The number of carbonyl (C=O) groups is 2. The predicted octanol–water partition coefficient (Wildman–Crippen LogP) is 2.83. The van der Waals surface area contributed by atoms with Crippen LogP contribution in [0.15, 0.2) is 29.2 Å². The van der Waals surface area contributed by atoms with Crippen LogP contribution in [0.5, 0.6) is 0 Å². The molecular formula is C14H9NO3S. The largest absolute Gasteiger partial charge is 0.478 e.